The molecule has 0 aromatic heterocycles. The van der Waals surface area contributed by atoms with E-state index in [2.05, 4.69) is 5.32 Å². The Morgan fingerprint density at radius 3 is 2.12 bits per heavy atom. The van der Waals surface area contributed by atoms with E-state index in [4.69, 9.17) is 23.2 Å². The van der Waals surface area contributed by atoms with Gasteiger partial charge in [0.2, 0.25) is 5.91 Å². The first-order chi connectivity index (χ1) is 7.70. The molecular formula is C11H19Cl2NO2. The van der Waals surface area contributed by atoms with E-state index in [-0.39, 0.29) is 23.5 Å². The van der Waals surface area contributed by atoms with Crippen LogP contribution >= 0.6 is 23.2 Å². The molecule has 0 aliphatic rings. The van der Waals surface area contributed by atoms with Crippen molar-refractivity contribution in [2.24, 2.45) is 0 Å². The quantitative estimate of drug-likeness (QED) is 0.488. The van der Waals surface area contributed by atoms with E-state index >= 15 is 0 Å². The number of amides is 1. The van der Waals surface area contributed by atoms with Crippen LogP contribution in [0.5, 0.6) is 0 Å². The first-order valence-electron chi connectivity index (χ1n) is 5.61. The number of alkyl halides is 2. The van der Waals surface area contributed by atoms with Gasteiger partial charge < -0.3 is 5.32 Å². The summed E-state index contributed by atoms with van der Waals surface area (Å²) in [5.41, 5.74) is 0. The average Bonchev–Trinajstić information content (AvgIpc) is 2.31. The van der Waals surface area contributed by atoms with Gasteiger partial charge in [-0.3, -0.25) is 9.59 Å². The Kier molecular flexibility index (Phi) is 11.0. The zero-order valence-electron chi connectivity index (χ0n) is 9.44. The van der Waals surface area contributed by atoms with Crippen molar-refractivity contribution in [3.05, 3.63) is 0 Å². The van der Waals surface area contributed by atoms with Crippen molar-refractivity contribution in [2.45, 2.75) is 38.5 Å². The van der Waals surface area contributed by atoms with Gasteiger partial charge in [0.05, 0.1) is 5.88 Å². The summed E-state index contributed by atoms with van der Waals surface area (Å²) in [6, 6.07) is 0. The normalized spacial score (nSPS) is 10.1. The Hall–Kier alpha value is -0.280. The van der Waals surface area contributed by atoms with Crippen LogP contribution in [0.3, 0.4) is 0 Å². The zero-order chi connectivity index (χ0) is 12.2. The molecule has 0 bridgehead atoms. The summed E-state index contributed by atoms with van der Waals surface area (Å²) >= 11 is 10.7. The monoisotopic (exact) mass is 267 g/mol. The zero-order valence-corrected chi connectivity index (χ0v) is 10.9. The van der Waals surface area contributed by atoms with Crippen LogP contribution in [0, 0.1) is 0 Å². The number of nitrogens with one attached hydrogen (secondary N) is 1. The molecule has 3 nitrogen and oxygen atoms in total. The Balaban J connectivity index is 3.10. The highest BCUT2D eigenvalue weighted by atomic mass is 35.5. The molecular weight excluding hydrogens is 249 g/mol. The van der Waals surface area contributed by atoms with Gasteiger partial charge in [0.1, 0.15) is 11.7 Å². The van der Waals surface area contributed by atoms with E-state index in [1.807, 2.05) is 0 Å². The van der Waals surface area contributed by atoms with Crippen LogP contribution in [0.4, 0.5) is 0 Å². The fourth-order valence-electron chi connectivity index (χ4n) is 1.32. The molecule has 0 unspecified atom stereocenters. The van der Waals surface area contributed by atoms with Crippen LogP contribution < -0.4 is 5.32 Å². The molecule has 0 aromatic rings. The van der Waals surface area contributed by atoms with E-state index in [9.17, 15) is 9.59 Å². The van der Waals surface area contributed by atoms with Crippen molar-refractivity contribution < 1.29 is 9.59 Å². The molecule has 0 spiro atoms. The van der Waals surface area contributed by atoms with Crippen LogP contribution in [0.1, 0.15) is 38.5 Å². The van der Waals surface area contributed by atoms with Gasteiger partial charge in [-0.25, -0.2) is 0 Å². The average molecular weight is 268 g/mol. The number of unbranched alkanes of at least 4 members (excludes halogenated alkanes) is 4. The van der Waals surface area contributed by atoms with Gasteiger partial charge in [0.15, 0.2) is 0 Å². The minimum absolute atomic E-state index is 0.0283. The highest BCUT2D eigenvalue weighted by Crippen LogP contribution is 2.05. The molecule has 0 heterocycles. The molecule has 0 radical (unpaired) electrons. The van der Waals surface area contributed by atoms with Gasteiger partial charge in [0.25, 0.3) is 0 Å². The van der Waals surface area contributed by atoms with Crippen molar-refractivity contribution in [2.75, 3.05) is 18.3 Å². The summed E-state index contributed by atoms with van der Waals surface area (Å²) in [7, 11) is 0. The van der Waals surface area contributed by atoms with Crippen molar-refractivity contribution in [3.8, 4) is 0 Å². The molecule has 1 amide bonds. The Morgan fingerprint density at radius 2 is 1.50 bits per heavy atom. The molecule has 0 saturated carbocycles. The fraction of sp³-hybridized carbons (Fsp3) is 0.818. The molecule has 0 rings (SSSR count). The minimum atomic E-state index is -0.116. The molecule has 0 aromatic carbocycles. The summed E-state index contributed by atoms with van der Waals surface area (Å²) in [4.78, 5) is 21.6. The standard InChI is InChI=1S/C11H19Cl2NO2/c12-8-10(15)6-4-2-1-3-5-7-14-11(16)9-13/h1-9H2,(H,14,16). The lowest BCUT2D eigenvalue weighted by Crippen LogP contribution is -2.25. The number of hydrogen-bond acceptors (Lipinski definition) is 2. The lowest BCUT2D eigenvalue weighted by atomic mass is 10.1. The van der Waals surface area contributed by atoms with Crippen LogP contribution in [0.2, 0.25) is 0 Å². The predicted molar refractivity (Wildman–Crippen MR) is 67.2 cm³/mol. The second-order valence-electron chi connectivity index (χ2n) is 3.67. The lowest BCUT2D eigenvalue weighted by molar-refractivity contribution is -0.119. The number of hydrogen-bond donors (Lipinski definition) is 1. The SMILES string of the molecule is O=C(CCl)CCCCCCCNC(=O)CCl. The summed E-state index contributed by atoms with van der Waals surface area (Å²) in [6.45, 7) is 0.687. The third-order valence-corrected chi connectivity index (χ3v) is 2.77. The molecule has 0 aliphatic carbocycles. The maximum atomic E-state index is 10.9. The third-order valence-electron chi connectivity index (χ3n) is 2.22. The van der Waals surface area contributed by atoms with Gasteiger partial charge in [-0.1, -0.05) is 19.3 Å². The van der Waals surface area contributed by atoms with Crippen LogP contribution in [0.15, 0.2) is 0 Å². The molecule has 0 fully saturated rings. The van der Waals surface area contributed by atoms with Crippen molar-refractivity contribution in [1.82, 2.24) is 5.32 Å². The summed E-state index contributed by atoms with van der Waals surface area (Å²) in [6.07, 6.45) is 5.67. The first kappa shape index (κ1) is 15.7. The molecule has 0 aliphatic heterocycles. The van der Waals surface area contributed by atoms with E-state index in [0.29, 0.717) is 13.0 Å². The second-order valence-corrected chi connectivity index (χ2v) is 4.21. The van der Waals surface area contributed by atoms with E-state index in [1.165, 1.54) is 0 Å². The largest absolute Gasteiger partial charge is 0.355 e. The Labute approximate surface area is 107 Å². The van der Waals surface area contributed by atoms with Crippen molar-refractivity contribution in [3.63, 3.8) is 0 Å². The molecule has 0 saturated heterocycles. The van der Waals surface area contributed by atoms with E-state index in [0.717, 1.165) is 32.1 Å². The van der Waals surface area contributed by atoms with Crippen LogP contribution in [0.25, 0.3) is 0 Å². The molecule has 0 atom stereocenters. The minimum Gasteiger partial charge on any atom is -0.355 e. The maximum Gasteiger partial charge on any atom is 0.234 e. The van der Waals surface area contributed by atoms with Crippen LogP contribution in [-0.4, -0.2) is 30.0 Å². The van der Waals surface area contributed by atoms with Crippen LogP contribution in [-0.2, 0) is 9.59 Å². The Morgan fingerprint density at radius 1 is 0.875 bits per heavy atom. The smallest absolute Gasteiger partial charge is 0.234 e. The number of ketones is 1. The second kappa shape index (κ2) is 11.2. The highest BCUT2D eigenvalue weighted by molar-refractivity contribution is 6.27. The van der Waals surface area contributed by atoms with E-state index in [1.54, 1.807) is 0 Å². The summed E-state index contributed by atoms with van der Waals surface area (Å²) in [5, 5.41) is 2.71. The van der Waals surface area contributed by atoms with Gasteiger partial charge in [0, 0.05) is 13.0 Å². The van der Waals surface area contributed by atoms with Gasteiger partial charge >= 0.3 is 0 Å². The predicted octanol–water partition coefficient (Wildman–Crippen LogP) is 2.49. The maximum absolute atomic E-state index is 10.9. The fourth-order valence-corrected chi connectivity index (χ4v) is 1.55. The molecule has 5 heteroatoms. The van der Waals surface area contributed by atoms with Crippen molar-refractivity contribution in [1.29, 1.82) is 0 Å². The number of rotatable bonds is 10. The molecule has 16 heavy (non-hydrogen) atoms. The third kappa shape index (κ3) is 10.2. The first-order valence-corrected chi connectivity index (χ1v) is 6.68. The van der Waals surface area contributed by atoms with Crippen molar-refractivity contribution >= 4 is 34.9 Å². The van der Waals surface area contributed by atoms with Gasteiger partial charge in [-0.15, -0.1) is 23.2 Å². The highest BCUT2D eigenvalue weighted by Gasteiger charge is 1.99. The Bertz CT molecular complexity index is 188. The lowest BCUT2D eigenvalue weighted by Gasteiger charge is -2.02. The molecule has 94 valence electrons. The molecule has 1 N–H and O–H groups in total. The number of Topliss-reactive ketones (excluding diaryl/α,β-unsaturated/α-hetero) is 1. The van der Waals surface area contributed by atoms with Gasteiger partial charge in [-0.2, -0.15) is 0 Å². The number of carbonyl (C=O) groups is 2. The van der Waals surface area contributed by atoms with Gasteiger partial charge in [-0.05, 0) is 12.8 Å². The van der Waals surface area contributed by atoms with E-state index < -0.39 is 0 Å². The summed E-state index contributed by atoms with van der Waals surface area (Å²) in [5.74, 6) is 0.163. The summed E-state index contributed by atoms with van der Waals surface area (Å²) < 4.78 is 0. The number of halogens is 2. The number of carbonyl (C=O) groups excluding carboxylic acids is 2. The topological polar surface area (TPSA) is 46.2 Å².